The molecule has 7 heavy (non-hydrogen) atoms. The minimum atomic E-state index is 1.20. The summed E-state index contributed by atoms with van der Waals surface area (Å²) >= 11 is 1.35. The van der Waals surface area contributed by atoms with Gasteiger partial charge >= 0.3 is 63.5 Å². The van der Waals surface area contributed by atoms with Gasteiger partial charge in [-0.25, -0.2) is 0 Å². The quantitative estimate of drug-likeness (QED) is 0.381. The van der Waals surface area contributed by atoms with Gasteiger partial charge in [0.2, 0.25) is 0 Å². The van der Waals surface area contributed by atoms with E-state index in [0.29, 0.717) is 0 Å². The Labute approximate surface area is 63.4 Å². The average molecular weight is 106 g/mol. The van der Waals surface area contributed by atoms with Crippen molar-refractivity contribution in [2.75, 3.05) is 0 Å². The zero-order valence-corrected chi connectivity index (χ0v) is 7.28. The van der Waals surface area contributed by atoms with Gasteiger partial charge in [0.15, 0.2) is 0 Å². The monoisotopic (exact) mass is 106 g/mol. The van der Waals surface area contributed by atoms with Crippen LogP contribution in [0.4, 0.5) is 0 Å². The van der Waals surface area contributed by atoms with E-state index in [0.717, 1.165) is 0 Å². The summed E-state index contributed by atoms with van der Waals surface area (Å²) in [5.41, 5.74) is 0. The van der Waals surface area contributed by atoms with Crippen molar-refractivity contribution >= 4 is 27.9 Å². The van der Waals surface area contributed by atoms with E-state index >= 15 is 0 Å². The molecule has 0 aliphatic heterocycles. The summed E-state index contributed by atoms with van der Waals surface area (Å²) in [7, 11) is 0. The number of rotatable bonds is 3. The van der Waals surface area contributed by atoms with Gasteiger partial charge in [-0.3, -0.25) is 0 Å². The molecule has 1 heteroatoms. The van der Waals surface area contributed by atoms with Gasteiger partial charge < -0.3 is 0 Å². The number of hydrogen-bond donors (Lipinski definition) is 0. The molecule has 0 nitrogen and oxygen atoms in total. The van der Waals surface area contributed by atoms with E-state index in [2.05, 4.69) is 19.1 Å². The maximum absolute atomic E-state index is 2.27. The first-order chi connectivity index (χ1) is 3.41. The zero-order valence-electron chi connectivity index (χ0n) is 5.28. The Kier molecular flexibility index (Phi) is 7.45. The molecule has 0 aromatic rings. The molecule has 0 saturated carbocycles. The summed E-state index contributed by atoms with van der Waals surface area (Å²) in [6.45, 7) is 2.17. The van der Waals surface area contributed by atoms with Crippen LogP contribution in [0.5, 0.6) is 0 Å². The molecular formula is C6H11Na. The Morgan fingerprint density at radius 1 is 1.43 bits per heavy atom. The van der Waals surface area contributed by atoms with E-state index in [9.17, 15) is 0 Å². The van der Waals surface area contributed by atoms with E-state index in [1.54, 1.807) is 0 Å². The van der Waals surface area contributed by atoms with E-state index in [4.69, 9.17) is 0 Å². The van der Waals surface area contributed by atoms with Crippen LogP contribution in [-0.4, -0.2) is 27.9 Å². The Balaban J connectivity index is 2.78. The second-order valence-corrected chi connectivity index (χ2v) is 2.67. The molecule has 0 fully saturated rings. The van der Waals surface area contributed by atoms with Crippen molar-refractivity contribution in [2.24, 2.45) is 0 Å². The van der Waals surface area contributed by atoms with Gasteiger partial charge in [0.05, 0.1) is 0 Å². The van der Waals surface area contributed by atoms with Crippen LogP contribution in [-0.2, 0) is 0 Å². The molecule has 36 valence electrons. The Morgan fingerprint density at radius 2 is 2.14 bits per heavy atom. The molecular weight excluding hydrogens is 95.1 g/mol. The van der Waals surface area contributed by atoms with Crippen molar-refractivity contribution in [1.82, 2.24) is 0 Å². The second kappa shape index (κ2) is 6.74. The molecule has 0 saturated heterocycles. The van der Waals surface area contributed by atoms with Gasteiger partial charge in [0, 0.05) is 0 Å². The number of hydrogen-bond acceptors (Lipinski definition) is 0. The average Bonchev–Trinajstić information content (AvgIpc) is 1.69. The first kappa shape index (κ1) is 7.74. The van der Waals surface area contributed by atoms with Crippen LogP contribution in [0.3, 0.4) is 0 Å². The van der Waals surface area contributed by atoms with Crippen molar-refractivity contribution in [3.8, 4) is 0 Å². The Morgan fingerprint density at radius 3 is 2.57 bits per heavy atom. The third-order valence-corrected chi connectivity index (χ3v) is 1.44. The summed E-state index contributed by atoms with van der Waals surface area (Å²) in [6.07, 6.45) is 7.01. The van der Waals surface area contributed by atoms with Crippen molar-refractivity contribution in [1.29, 1.82) is 0 Å². The topological polar surface area (TPSA) is 0 Å². The fourth-order valence-electron chi connectivity index (χ4n) is 0.451. The Bertz CT molecular complexity index is 48.1. The number of allylic oxidation sites excluding steroid dienone is 2. The zero-order chi connectivity index (χ0) is 5.54. The standard InChI is InChI=1S/C6H11.Na/c1-3-5-6-4-2;/h5-6H,1,3-4H2,2H3;. The molecule has 0 N–H and O–H groups in total. The van der Waals surface area contributed by atoms with Crippen LogP contribution in [0.2, 0.25) is 3.67 Å². The Hall–Kier alpha value is 0.740. The molecule has 0 aliphatic rings. The normalized spacial score (nSPS) is 10.7. The summed E-state index contributed by atoms with van der Waals surface area (Å²) in [4.78, 5) is 0. The minimum absolute atomic E-state index is 1.20. The molecule has 0 atom stereocenters. The van der Waals surface area contributed by atoms with Crippen LogP contribution < -0.4 is 0 Å². The molecule has 0 aromatic carbocycles. The fraction of sp³-hybridized carbons (Fsp3) is 0.667. The van der Waals surface area contributed by atoms with Crippen molar-refractivity contribution in [2.45, 2.75) is 23.4 Å². The fourth-order valence-corrected chi connectivity index (χ4v) is 0.785. The van der Waals surface area contributed by atoms with E-state index < -0.39 is 0 Å². The molecule has 0 aliphatic carbocycles. The molecule has 0 heterocycles. The van der Waals surface area contributed by atoms with Gasteiger partial charge in [0.1, 0.15) is 0 Å². The molecule has 0 aromatic heterocycles. The van der Waals surface area contributed by atoms with Crippen molar-refractivity contribution in [3.05, 3.63) is 12.2 Å². The van der Waals surface area contributed by atoms with Gasteiger partial charge in [-0.1, -0.05) is 0 Å². The summed E-state index contributed by atoms with van der Waals surface area (Å²) in [5.74, 6) is 0. The molecule has 0 spiro atoms. The van der Waals surface area contributed by atoms with Gasteiger partial charge in [0.25, 0.3) is 0 Å². The van der Waals surface area contributed by atoms with Crippen molar-refractivity contribution in [3.63, 3.8) is 0 Å². The van der Waals surface area contributed by atoms with Crippen LogP contribution in [0.1, 0.15) is 19.8 Å². The van der Waals surface area contributed by atoms with Crippen LogP contribution in [0.25, 0.3) is 0 Å². The second-order valence-electron chi connectivity index (χ2n) is 1.67. The molecule has 0 amide bonds. The molecule has 0 bridgehead atoms. The molecule has 0 rings (SSSR count). The first-order valence-electron chi connectivity index (χ1n) is 3.06. The van der Waals surface area contributed by atoms with Crippen molar-refractivity contribution < 1.29 is 0 Å². The summed E-state index contributed by atoms with van der Waals surface area (Å²) < 4.78 is 1.41. The molecule has 0 radical (unpaired) electrons. The van der Waals surface area contributed by atoms with Gasteiger partial charge in [-0.05, 0) is 0 Å². The summed E-state index contributed by atoms with van der Waals surface area (Å²) in [6, 6.07) is 0. The van der Waals surface area contributed by atoms with Crippen LogP contribution >= 0.6 is 0 Å². The first-order valence-corrected chi connectivity index (χ1v) is 4.48. The summed E-state index contributed by atoms with van der Waals surface area (Å²) in [5, 5.41) is 0. The van der Waals surface area contributed by atoms with E-state index in [1.165, 1.54) is 44.4 Å². The van der Waals surface area contributed by atoms with E-state index in [1.807, 2.05) is 0 Å². The third kappa shape index (κ3) is 6.74. The third-order valence-electron chi connectivity index (χ3n) is 0.858. The maximum atomic E-state index is 2.27. The predicted molar refractivity (Wildman–Crippen MR) is 34.6 cm³/mol. The van der Waals surface area contributed by atoms with Crippen LogP contribution in [0.15, 0.2) is 12.2 Å². The van der Waals surface area contributed by atoms with Gasteiger partial charge in [-0.2, -0.15) is 0 Å². The van der Waals surface area contributed by atoms with E-state index in [-0.39, 0.29) is 0 Å². The van der Waals surface area contributed by atoms with Gasteiger partial charge in [-0.15, -0.1) is 0 Å². The predicted octanol–water partition coefficient (Wildman–Crippen LogP) is 1.93. The van der Waals surface area contributed by atoms with Crippen LogP contribution in [0, 0.1) is 0 Å². The SMILES string of the molecule is CCC=CC[CH2][Na]. The molecule has 0 unspecified atom stereocenters.